The third-order valence-electron chi connectivity index (χ3n) is 3.82. The van der Waals surface area contributed by atoms with Crippen molar-refractivity contribution in [1.82, 2.24) is 10.0 Å². The van der Waals surface area contributed by atoms with E-state index in [1.807, 2.05) is 13.8 Å². The predicted molar refractivity (Wildman–Crippen MR) is 84.6 cm³/mol. The van der Waals surface area contributed by atoms with Gasteiger partial charge in [0.15, 0.2) is 0 Å². The number of nitrogens with one attached hydrogen (secondary N) is 2. The third kappa shape index (κ3) is 5.13. The van der Waals surface area contributed by atoms with Gasteiger partial charge < -0.3 is 9.73 Å². The molecule has 1 atom stereocenters. The first-order valence-electron chi connectivity index (χ1n) is 7.37. The molecule has 0 radical (unpaired) electrons. The number of hydrogen-bond donors (Lipinski definition) is 2. The summed E-state index contributed by atoms with van der Waals surface area (Å²) < 4.78 is 32.9. The highest BCUT2D eigenvalue weighted by molar-refractivity contribution is 7.89. The van der Waals surface area contributed by atoms with E-state index < -0.39 is 10.0 Å². The minimum absolute atomic E-state index is 0.0597. The fourth-order valence-corrected chi connectivity index (χ4v) is 3.08. The van der Waals surface area contributed by atoms with Crippen molar-refractivity contribution in [1.29, 1.82) is 0 Å². The van der Waals surface area contributed by atoms with E-state index in [1.165, 1.54) is 0 Å². The van der Waals surface area contributed by atoms with Crippen LogP contribution < -0.4 is 10.0 Å². The maximum absolute atomic E-state index is 12.4. The zero-order chi connectivity index (χ0) is 16.3. The number of furan rings is 1. The Morgan fingerprint density at radius 2 is 1.95 bits per heavy atom. The minimum Gasteiger partial charge on any atom is -0.464 e. The van der Waals surface area contributed by atoms with Crippen molar-refractivity contribution in [3.05, 3.63) is 17.6 Å². The smallest absolute Gasteiger partial charge is 0.244 e. The van der Waals surface area contributed by atoms with Gasteiger partial charge in [0.25, 0.3) is 0 Å². The highest BCUT2D eigenvalue weighted by atomic mass is 32.2. The van der Waals surface area contributed by atoms with Gasteiger partial charge in [0.05, 0.1) is 6.54 Å². The van der Waals surface area contributed by atoms with E-state index in [1.54, 1.807) is 13.0 Å². The molecule has 1 rings (SSSR count). The molecule has 6 heteroatoms. The Hall–Kier alpha value is -0.850. The molecule has 1 heterocycles. The molecular weight excluding hydrogens is 288 g/mol. The van der Waals surface area contributed by atoms with Crippen LogP contribution in [0.1, 0.15) is 46.1 Å². The van der Waals surface area contributed by atoms with E-state index in [0.29, 0.717) is 24.6 Å². The zero-order valence-electron chi connectivity index (χ0n) is 13.9. The first-order chi connectivity index (χ1) is 9.58. The van der Waals surface area contributed by atoms with Crippen molar-refractivity contribution in [2.45, 2.75) is 53.0 Å². The van der Waals surface area contributed by atoms with Crippen LogP contribution in [0.3, 0.4) is 0 Å². The van der Waals surface area contributed by atoms with E-state index in [-0.39, 0.29) is 16.2 Å². The summed E-state index contributed by atoms with van der Waals surface area (Å²) in [5.74, 6) is 1.30. The largest absolute Gasteiger partial charge is 0.464 e. The van der Waals surface area contributed by atoms with Crippen LogP contribution in [0.4, 0.5) is 0 Å². The lowest BCUT2D eigenvalue weighted by atomic mass is 9.82. The van der Waals surface area contributed by atoms with Gasteiger partial charge in [0.1, 0.15) is 16.4 Å². The fourth-order valence-electron chi connectivity index (χ4n) is 1.75. The fraction of sp³-hybridized carbons (Fsp3) is 0.733. The van der Waals surface area contributed by atoms with Crippen LogP contribution in [0.25, 0.3) is 0 Å². The molecule has 122 valence electrons. The molecule has 0 amide bonds. The van der Waals surface area contributed by atoms with Gasteiger partial charge in [-0.15, -0.1) is 0 Å². The Kier molecular flexibility index (Phi) is 6.01. The quantitative estimate of drug-likeness (QED) is 0.811. The summed E-state index contributed by atoms with van der Waals surface area (Å²) in [4.78, 5) is 0.233. The van der Waals surface area contributed by atoms with Crippen LogP contribution in [0.15, 0.2) is 15.4 Å². The second-order valence-corrected chi connectivity index (χ2v) is 8.27. The molecule has 1 aromatic heterocycles. The summed E-state index contributed by atoms with van der Waals surface area (Å²) in [6.45, 7) is 13.8. The van der Waals surface area contributed by atoms with E-state index in [2.05, 4.69) is 30.8 Å². The molecule has 0 fully saturated rings. The van der Waals surface area contributed by atoms with E-state index >= 15 is 0 Å². The second-order valence-electron chi connectivity index (χ2n) is 6.53. The SMILES string of the molecule is CCNCc1cc(S(=O)(=O)NCC(C)C(C)(C)C)c(C)o1. The molecule has 0 saturated heterocycles. The Morgan fingerprint density at radius 1 is 1.33 bits per heavy atom. The molecular formula is C15H28N2O3S. The zero-order valence-corrected chi connectivity index (χ0v) is 14.7. The lowest BCUT2D eigenvalue weighted by Gasteiger charge is -2.27. The number of aryl methyl sites for hydroxylation is 1. The van der Waals surface area contributed by atoms with Gasteiger partial charge in [0.2, 0.25) is 10.0 Å². The van der Waals surface area contributed by atoms with Crippen molar-refractivity contribution in [3.8, 4) is 0 Å². The minimum atomic E-state index is -3.52. The topological polar surface area (TPSA) is 71.3 Å². The van der Waals surface area contributed by atoms with Gasteiger partial charge in [-0.3, -0.25) is 0 Å². The number of sulfonamides is 1. The molecule has 21 heavy (non-hydrogen) atoms. The van der Waals surface area contributed by atoms with Crippen LogP contribution in [-0.4, -0.2) is 21.5 Å². The van der Waals surface area contributed by atoms with Crippen molar-refractivity contribution < 1.29 is 12.8 Å². The summed E-state index contributed by atoms with van der Waals surface area (Å²) in [6, 6.07) is 1.60. The maximum Gasteiger partial charge on any atom is 0.244 e. The molecule has 0 spiro atoms. The molecule has 0 aliphatic heterocycles. The van der Waals surface area contributed by atoms with Gasteiger partial charge in [-0.25, -0.2) is 13.1 Å². The molecule has 0 aliphatic carbocycles. The monoisotopic (exact) mass is 316 g/mol. The van der Waals surface area contributed by atoms with Gasteiger partial charge in [-0.2, -0.15) is 0 Å². The van der Waals surface area contributed by atoms with Crippen LogP contribution in [-0.2, 0) is 16.6 Å². The van der Waals surface area contributed by atoms with Crippen molar-refractivity contribution in [3.63, 3.8) is 0 Å². The summed E-state index contributed by atoms with van der Waals surface area (Å²) in [7, 11) is -3.52. The highest BCUT2D eigenvalue weighted by Crippen LogP contribution is 2.25. The van der Waals surface area contributed by atoms with Crippen LogP contribution in [0, 0.1) is 18.3 Å². The Balaban J connectivity index is 2.81. The number of hydrogen-bond acceptors (Lipinski definition) is 4. The first kappa shape index (κ1) is 18.2. The van der Waals surface area contributed by atoms with Gasteiger partial charge in [-0.05, 0) is 24.8 Å². The first-order valence-corrected chi connectivity index (χ1v) is 8.86. The van der Waals surface area contributed by atoms with Crippen LogP contribution in [0.2, 0.25) is 0 Å². The molecule has 1 unspecified atom stereocenters. The van der Waals surface area contributed by atoms with Gasteiger partial charge in [-0.1, -0.05) is 34.6 Å². The van der Waals surface area contributed by atoms with E-state index in [0.717, 1.165) is 6.54 Å². The second kappa shape index (κ2) is 6.94. The lowest BCUT2D eigenvalue weighted by molar-refractivity contribution is 0.263. The van der Waals surface area contributed by atoms with Crippen LogP contribution in [0.5, 0.6) is 0 Å². The Morgan fingerprint density at radius 3 is 2.48 bits per heavy atom. The summed E-state index contributed by atoms with van der Waals surface area (Å²) in [5, 5.41) is 3.12. The number of rotatable bonds is 7. The molecule has 5 nitrogen and oxygen atoms in total. The van der Waals surface area contributed by atoms with Crippen molar-refractivity contribution >= 4 is 10.0 Å². The predicted octanol–water partition coefficient (Wildman–Crippen LogP) is 2.66. The molecule has 1 aromatic rings. The Labute approximate surface area is 128 Å². The Bertz CT molecular complexity index is 556. The molecule has 0 bridgehead atoms. The molecule has 2 N–H and O–H groups in total. The normalized spacial score (nSPS) is 14.4. The maximum atomic E-state index is 12.4. The molecule has 0 aromatic carbocycles. The average Bonchev–Trinajstić information content (AvgIpc) is 2.74. The van der Waals surface area contributed by atoms with Crippen LogP contribution >= 0.6 is 0 Å². The molecule has 0 aliphatic rings. The summed E-state index contributed by atoms with van der Waals surface area (Å²) >= 11 is 0. The van der Waals surface area contributed by atoms with E-state index in [4.69, 9.17) is 4.42 Å². The van der Waals surface area contributed by atoms with Gasteiger partial charge in [0, 0.05) is 12.6 Å². The summed E-state index contributed by atoms with van der Waals surface area (Å²) in [5.41, 5.74) is 0.0597. The van der Waals surface area contributed by atoms with Gasteiger partial charge >= 0.3 is 0 Å². The lowest BCUT2D eigenvalue weighted by Crippen LogP contribution is -2.33. The van der Waals surface area contributed by atoms with Crippen molar-refractivity contribution in [2.24, 2.45) is 11.3 Å². The third-order valence-corrected chi connectivity index (χ3v) is 5.35. The highest BCUT2D eigenvalue weighted by Gasteiger charge is 2.25. The molecule has 0 saturated carbocycles. The summed E-state index contributed by atoms with van der Waals surface area (Å²) in [6.07, 6.45) is 0. The van der Waals surface area contributed by atoms with E-state index in [9.17, 15) is 8.42 Å². The average molecular weight is 316 g/mol. The standard InChI is InChI=1S/C15H28N2O3S/c1-7-16-10-13-8-14(12(3)20-13)21(18,19)17-9-11(2)15(4,5)6/h8,11,16-17H,7,9-10H2,1-6H3. The van der Waals surface area contributed by atoms with Crippen molar-refractivity contribution in [2.75, 3.05) is 13.1 Å².